The molecule has 0 bridgehead atoms. The number of rotatable bonds is 6. The number of aryl methyl sites for hydroxylation is 1. The topological polar surface area (TPSA) is 150 Å². The number of hydrogen-bond acceptors (Lipinski definition) is 9. The lowest BCUT2D eigenvalue weighted by Crippen LogP contribution is -2.14. The van der Waals surface area contributed by atoms with Gasteiger partial charge in [0.2, 0.25) is 0 Å². The molecule has 1 fully saturated rings. The average molecular weight is 521 g/mol. The maximum atomic E-state index is 12.3. The number of fused-ring (bicyclic) bond motifs is 1. The summed E-state index contributed by atoms with van der Waals surface area (Å²) in [7, 11) is -1.87. The molecule has 1 N–H and O–H groups in total. The van der Waals surface area contributed by atoms with E-state index in [1.54, 1.807) is 6.92 Å². The molecule has 1 aliphatic heterocycles. The fraction of sp³-hybridized carbons (Fsp3) is 0.318. The molecule has 1 atom stereocenters. The van der Waals surface area contributed by atoms with Crippen LogP contribution in [0.2, 0.25) is 5.15 Å². The Bertz CT molecular complexity index is 1520. The summed E-state index contributed by atoms with van der Waals surface area (Å²) in [6.07, 6.45) is 3.01. The van der Waals surface area contributed by atoms with Crippen LogP contribution in [0.4, 0.5) is 0 Å². The third-order valence-electron chi connectivity index (χ3n) is 5.54. The minimum atomic E-state index is -3.11. The van der Waals surface area contributed by atoms with Gasteiger partial charge in [-0.05, 0) is 37.6 Å². The standard InChI is InChI=1S/C22H21ClN4O7S/c1-12-15(20(23)27(26-12)14-7-8-35(31,32)11-14)5-6-19(28)34-10-18-24-17-9-13(22(30)33-2)3-4-16(17)21(29)25-18/h3-6,9,14H,7-8,10-11H2,1-2H3,(H,24,25,29). The highest BCUT2D eigenvalue weighted by Crippen LogP contribution is 2.30. The van der Waals surface area contributed by atoms with Crippen LogP contribution in [0.25, 0.3) is 17.0 Å². The smallest absolute Gasteiger partial charge is 0.337 e. The molecule has 2 aromatic heterocycles. The largest absolute Gasteiger partial charge is 0.465 e. The number of nitrogens with one attached hydrogen (secondary N) is 1. The molecular weight excluding hydrogens is 500 g/mol. The molecule has 184 valence electrons. The normalized spacial score (nSPS) is 17.2. The van der Waals surface area contributed by atoms with Crippen LogP contribution in [-0.2, 0) is 30.7 Å². The number of aromatic nitrogens is 4. The molecule has 0 amide bonds. The van der Waals surface area contributed by atoms with Gasteiger partial charge in [-0.1, -0.05) is 11.6 Å². The molecule has 0 aliphatic carbocycles. The second-order valence-electron chi connectivity index (χ2n) is 7.97. The first kappa shape index (κ1) is 24.6. The lowest BCUT2D eigenvalue weighted by Gasteiger charge is -2.09. The molecular formula is C22H21ClN4O7S. The Kier molecular flexibility index (Phi) is 6.77. The number of esters is 2. The number of benzene rings is 1. The van der Waals surface area contributed by atoms with E-state index in [2.05, 4.69) is 19.8 Å². The van der Waals surface area contributed by atoms with E-state index in [4.69, 9.17) is 16.3 Å². The number of nitrogens with zero attached hydrogens (tertiary/aromatic N) is 3. The Morgan fingerprint density at radius 3 is 2.80 bits per heavy atom. The minimum absolute atomic E-state index is 0.0306. The summed E-state index contributed by atoms with van der Waals surface area (Å²) in [5.74, 6) is -1.14. The van der Waals surface area contributed by atoms with Crippen molar-refractivity contribution in [2.75, 3.05) is 18.6 Å². The number of ether oxygens (including phenoxy) is 2. The number of sulfone groups is 1. The summed E-state index contributed by atoms with van der Waals surface area (Å²) >= 11 is 6.40. The zero-order chi connectivity index (χ0) is 25.3. The quantitative estimate of drug-likeness (QED) is 0.380. The van der Waals surface area contributed by atoms with Gasteiger partial charge in [0.05, 0.1) is 46.8 Å². The first-order valence-electron chi connectivity index (χ1n) is 10.5. The van der Waals surface area contributed by atoms with Gasteiger partial charge in [-0.15, -0.1) is 0 Å². The Hall–Kier alpha value is -3.51. The fourth-order valence-electron chi connectivity index (χ4n) is 3.77. The first-order chi connectivity index (χ1) is 16.6. The van der Waals surface area contributed by atoms with E-state index in [1.165, 1.54) is 36.1 Å². The summed E-state index contributed by atoms with van der Waals surface area (Å²) in [6, 6.07) is 3.98. The van der Waals surface area contributed by atoms with Gasteiger partial charge < -0.3 is 14.5 Å². The maximum Gasteiger partial charge on any atom is 0.337 e. The number of aromatic amines is 1. The van der Waals surface area contributed by atoms with Crippen molar-refractivity contribution in [2.24, 2.45) is 0 Å². The molecule has 4 rings (SSSR count). The second kappa shape index (κ2) is 9.62. The van der Waals surface area contributed by atoms with Crippen LogP contribution >= 0.6 is 11.6 Å². The molecule has 0 radical (unpaired) electrons. The first-order valence-corrected chi connectivity index (χ1v) is 12.7. The molecule has 35 heavy (non-hydrogen) atoms. The van der Waals surface area contributed by atoms with E-state index in [9.17, 15) is 22.8 Å². The van der Waals surface area contributed by atoms with E-state index < -0.39 is 27.3 Å². The van der Waals surface area contributed by atoms with Gasteiger partial charge in [0.1, 0.15) is 17.6 Å². The molecule has 1 aliphatic rings. The third kappa shape index (κ3) is 5.28. The van der Waals surface area contributed by atoms with Crippen molar-refractivity contribution < 1.29 is 27.5 Å². The maximum absolute atomic E-state index is 12.3. The molecule has 0 spiro atoms. The van der Waals surface area contributed by atoms with Crippen molar-refractivity contribution in [3.8, 4) is 0 Å². The van der Waals surface area contributed by atoms with E-state index in [0.717, 1.165) is 6.08 Å². The predicted octanol–water partition coefficient (Wildman–Crippen LogP) is 1.98. The molecule has 3 heterocycles. The summed E-state index contributed by atoms with van der Waals surface area (Å²) in [5, 5.41) is 4.83. The Morgan fingerprint density at radius 1 is 1.34 bits per heavy atom. The molecule has 11 nitrogen and oxygen atoms in total. The van der Waals surface area contributed by atoms with Crippen LogP contribution in [0.15, 0.2) is 29.1 Å². The number of methoxy groups -OCH3 is 1. The zero-order valence-electron chi connectivity index (χ0n) is 18.8. The van der Waals surface area contributed by atoms with E-state index in [1.807, 2.05) is 0 Å². The minimum Gasteiger partial charge on any atom is -0.465 e. The van der Waals surface area contributed by atoms with Crippen molar-refractivity contribution in [3.63, 3.8) is 0 Å². The highest BCUT2D eigenvalue weighted by atomic mass is 35.5. The number of halogens is 1. The summed E-state index contributed by atoms with van der Waals surface area (Å²) in [4.78, 5) is 43.1. The molecule has 13 heteroatoms. The molecule has 1 unspecified atom stereocenters. The summed E-state index contributed by atoms with van der Waals surface area (Å²) in [5.41, 5.74) is 1.04. The van der Waals surface area contributed by atoms with Crippen LogP contribution in [0.1, 0.15) is 39.9 Å². The fourth-order valence-corrected chi connectivity index (χ4v) is 5.84. The van der Waals surface area contributed by atoms with Crippen LogP contribution < -0.4 is 5.56 Å². The number of H-pyrrole nitrogens is 1. The Balaban J connectivity index is 1.46. The lowest BCUT2D eigenvalue weighted by atomic mass is 10.1. The highest BCUT2D eigenvalue weighted by Gasteiger charge is 2.31. The van der Waals surface area contributed by atoms with Crippen molar-refractivity contribution in [1.29, 1.82) is 0 Å². The van der Waals surface area contributed by atoms with Crippen LogP contribution in [0.5, 0.6) is 0 Å². The van der Waals surface area contributed by atoms with Crippen LogP contribution in [0.3, 0.4) is 0 Å². The summed E-state index contributed by atoms with van der Waals surface area (Å²) < 4.78 is 34.8. The lowest BCUT2D eigenvalue weighted by molar-refractivity contribution is -0.139. The van der Waals surface area contributed by atoms with Gasteiger partial charge in [-0.3, -0.25) is 4.79 Å². The van der Waals surface area contributed by atoms with Gasteiger partial charge in [-0.25, -0.2) is 27.7 Å². The van der Waals surface area contributed by atoms with Crippen molar-refractivity contribution in [2.45, 2.75) is 26.0 Å². The van der Waals surface area contributed by atoms with E-state index in [0.29, 0.717) is 17.7 Å². The van der Waals surface area contributed by atoms with Crippen molar-refractivity contribution in [1.82, 2.24) is 19.7 Å². The highest BCUT2D eigenvalue weighted by molar-refractivity contribution is 7.91. The van der Waals surface area contributed by atoms with E-state index >= 15 is 0 Å². The van der Waals surface area contributed by atoms with Crippen molar-refractivity contribution in [3.05, 3.63) is 62.4 Å². The number of hydrogen-bond donors (Lipinski definition) is 1. The van der Waals surface area contributed by atoms with E-state index in [-0.39, 0.29) is 51.6 Å². The van der Waals surface area contributed by atoms with Gasteiger partial charge in [-0.2, -0.15) is 5.10 Å². The van der Waals surface area contributed by atoms with Gasteiger partial charge >= 0.3 is 11.9 Å². The zero-order valence-corrected chi connectivity index (χ0v) is 20.4. The van der Waals surface area contributed by atoms with Gasteiger partial charge in [0.15, 0.2) is 9.84 Å². The monoisotopic (exact) mass is 520 g/mol. The molecule has 1 aromatic carbocycles. The number of carbonyl (C=O) groups excluding carboxylic acids is 2. The Morgan fingerprint density at radius 2 is 2.11 bits per heavy atom. The van der Waals surface area contributed by atoms with Gasteiger partial charge in [0.25, 0.3) is 5.56 Å². The third-order valence-corrected chi connectivity index (χ3v) is 7.67. The average Bonchev–Trinajstić information content (AvgIpc) is 3.32. The predicted molar refractivity (Wildman–Crippen MR) is 127 cm³/mol. The molecule has 3 aromatic rings. The van der Waals surface area contributed by atoms with Crippen LogP contribution in [-0.4, -0.2) is 58.7 Å². The SMILES string of the molecule is COC(=O)c1ccc2c(=O)[nH]c(COC(=O)C=Cc3c(C)nn(C4CCS(=O)(=O)C4)c3Cl)nc2c1. The van der Waals surface area contributed by atoms with Gasteiger partial charge in [0, 0.05) is 11.6 Å². The second-order valence-corrected chi connectivity index (χ2v) is 10.6. The summed E-state index contributed by atoms with van der Waals surface area (Å²) in [6.45, 7) is 1.38. The van der Waals surface area contributed by atoms with Crippen LogP contribution in [0, 0.1) is 6.92 Å². The Labute approximate surface area is 204 Å². The molecule has 0 saturated carbocycles. The van der Waals surface area contributed by atoms with Crippen molar-refractivity contribution >= 4 is 50.4 Å². The number of carbonyl (C=O) groups is 2. The molecule has 1 saturated heterocycles.